The molecule has 66 valence electrons. The summed E-state index contributed by atoms with van der Waals surface area (Å²) in [5, 5.41) is 18.9. The van der Waals surface area contributed by atoms with Crippen molar-refractivity contribution in [2.24, 2.45) is 0 Å². The minimum absolute atomic E-state index is 0.577. The van der Waals surface area contributed by atoms with Crippen LogP contribution < -0.4 is 4.78 Å². The second kappa shape index (κ2) is 3.42. The van der Waals surface area contributed by atoms with E-state index in [9.17, 15) is 0 Å². The van der Waals surface area contributed by atoms with Crippen molar-refractivity contribution < 1.29 is 10.0 Å². The Labute approximate surface area is 88.1 Å². The third-order valence-corrected chi connectivity index (χ3v) is 3.39. The van der Waals surface area contributed by atoms with E-state index < -0.39 is 7.12 Å². The van der Waals surface area contributed by atoms with Crippen LogP contribution in [0.15, 0.2) is 28.7 Å². The fourth-order valence-electron chi connectivity index (χ4n) is 1.15. The maximum absolute atomic E-state index is 8.95. The first-order valence-electron chi connectivity index (χ1n) is 3.72. The molecule has 5 heteroatoms. The zero-order valence-electron chi connectivity index (χ0n) is 6.57. The molecule has 0 aliphatic carbocycles. The molecule has 1 heterocycles. The molecule has 13 heavy (non-hydrogen) atoms. The van der Waals surface area contributed by atoms with Crippen molar-refractivity contribution in [3.05, 3.63) is 28.7 Å². The van der Waals surface area contributed by atoms with E-state index in [2.05, 4.69) is 15.9 Å². The van der Waals surface area contributed by atoms with Crippen molar-refractivity contribution in [1.82, 2.24) is 0 Å². The van der Waals surface area contributed by atoms with Crippen molar-refractivity contribution in [2.75, 3.05) is 0 Å². The second-order valence-electron chi connectivity index (χ2n) is 2.70. The van der Waals surface area contributed by atoms with Gasteiger partial charge in [-0.3, -0.25) is 0 Å². The van der Waals surface area contributed by atoms with Gasteiger partial charge >= 0.3 is 7.12 Å². The molecule has 1 aromatic heterocycles. The number of halogens is 1. The molecular formula is C8H6BBrO2S. The maximum atomic E-state index is 8.95. The van der Waals surface area contributed by atoms with Crippen molar-refractivity contribution in [3.63, 3.8) is 0 Å². The van der Waals surface area contributed by atoms with E-state index >= 15 is 0 Å². The molecule has 2 rings (SSSR count). The Balaban J connectivity index is 2.62. The van der Waals surface area contributed by atoms with E-state index in [0.717, 1.165) is 14.6 Å². The lowest BCUT2D eigenvalue weighted by Gasteiger charge is -1.88. The molecule has 0 bridgehead atoms. The molecule has 0 aliphatic rings. The van der Waals surface area contributed by atoms with Gasteiger partial charge in [0, 0.05) is 13.9 Å². The summed E-state index contributed by atoms with van der Waals surface area (Å²) in [6.45, 7) is 0. The normalized spacial score (nSPS) is 10.7. The third-order valence-electron chi connectivity index (χ3n) is 1.76. The monoisotopic (exact) mass is 256 g/mol. The lowest BCUT2D eigenvalue weighted by molar-refractivity contribution is 0.427. The van der Waals surface area contributed by atoms with Gasteiger partial charge in [-0.1, -0.05) is 22.0 Å². The minimum atomic E-state index is -1.36. The van der Waals surface area contributed by atoms with Gasteiger partial charge in [0.05, 0.1) is 0 Å². The summed E-state index contributed by atoms with van der Waals surface area (Å²) in [7, 11) is -1.36. The first-order chi connectivity index (χ1) is 6.16. The number of hydrogen-bond donors (Lipinski definition) is 2. The Morgan fingerprint density at radius 3 is 2.69 bits per heavy atom. The summed E-state index contributed by atoms with van der Waals surface area (Å²) in [6.07, 6.45) is 0. The van der Waals surface area contributed by atoms with E-state index in [1.165, 1.54) is 11.3 Å². The highest BCUT2D eigenvalue weighted by molar-refractivity contribution is 9.10. The molecule has 2 aromatic rings. The highest BCUT2D eigenvalue weighted by atomic mass is 79.9. The average Bonchev–Trinajstić information content (AvgIpc) is 2.46. The van der Waals surface area contributed by atoms with Crippen LogP contribution >= 0.6 is 27.3 Å². The van der Waals surface area contributed by atoms with Gasteiger partial charge in [-0.15, -0.1) is 11.3 Å². The summed E-state index contributed by atoms with van der Waals surface area (Å²) < 4.78 is 2.63. The van der Waals surface area contributed by atoms with Gasteiger partial charge in [0.2, 0.25) is 0 Å². The van der Waals surface area contributed by atoms with Gasteiger partial charge in [0.25, 0.3) is 0 Å². The summed E-state index contributed by atoms with van der Waals surface area (Å²) in [5.74, 6) is 0. The molecule has 0 radical (unpaired) electrons. The van der Waals surface area contributed by atoms with Crippen molar-refractivity contribution in [2.45, 2.75) is 0 Å². The van der Waals surface area contributed by atoms with Crippen LogP contribution in [0, 0.1) is 0 Å². The Morgan fingerprint density at radius 1 is 1.23 bits per heavy atom. The van der Waals surface area contributed by atoms with Gasteiger partial charge in [-0.05, 0) is 23.6 Å². The second-order valence-corrected chi connectivity index (χ2v) is 4.74. The Morgan fingerprint density at radius 2 is 2.00 bits per heavy atom. The lowest BCUT2D eigenvalue weighted by Crippen LogP contribution is -2.26. The largest absolute Gasteiger partial charge is 0.499 e. The number of benzene rings is 1. The average molecular weight is 257 g/mol. The topological polar surface area (TPSA) is 40.5 Å². The molecular weight excluding hydrogens is 251 g/mol. The highest BCUT2D eigenvalue weighted by Gasteiger charge is 2.14. The van der Waals surface area contributed by atoms with Crippen molar-refractivity contribution in [3.8, 4) is 0 Å². The number of hydrogen-bond acceptors (Lipinski definition) is 3. The Hall–Kier alpha value is -0.355. The first-order valence-corrected chi connectivity index (χ1v) is 5.33. The van der Waals surface area contributed by atoms with Gasteiger partial charge in [-0.25, -0.2) is 0 Å². The summed E-state index contributed by atoms with van der Waals surface area (Å²) in [6, 6.07) is 7.63. The van der Waals surface area contributed by atoms with E-state index in [-0.39, 0.29) is 0 Å². The molecule has 0 spiro atoms. The minimum Gasteiger partial charge on any atom is -0.423 e. The van der Waals surface area contributed by atoms with Gasteiger partial charge in [-0.2, -0.15) is 0 Å². The Bertz CT molecular complexity index is 441. The van der Waals surface area contributed by atoms with Crippen LogP contribution in [0.25, 0.3) is 10.1 Å². The van der Waals surface area contributed by atoms with E-state index in [1.54, 1.807) is 6.07 Å². The van der Waals surface area contributed by atoms with Crippen LogP contribution in [0.4, 0.5) is 0 Å². The lowest BCUT2D eigenvalue weighted by atomic mass is 9.89. The highest BCUT2D eigenvalue weighted by Crippen LogP contribution is 2.23. The smallest absolute Gasteiger partial charge is 0.423 e. The molecule has 0 amide bonds. The predicted octanol–water partition coefficient (Wildman–Crippen LogP) is 1.34. The molecule has 0 saturated carbocycles. The van der Waals surface area contributed by atoms with Crippen molar-refractivity contribution in [1.29, 1.82) is 0 Å². The summed E-state index contributed by atoms with van der Waals surface area (Å²) in [5.41, 5.74) is 0. The van der Waals surface area contributed by atoms with Crippen LogP contribution in [-0.2, 0) is 0 Å². The number of rotatable bonds is 1. The molecule has 2 N–H and O–H groups in total. The molecule has 2 nitrogen and oxygen atoms in total. The number of fused-ring (bicyclic) bond motifs is 1. The molecule has 0 aliphatic heterocycles. The van der Waals surface area contributed by atoms with Crippen LogP contribution in [0.5, 0.6) is 0 Å². The Kier molecular flexibility index (Phi) is 2.42. The fraction of sp³-hybridized carbons (Fsp3) is 0. The predicted molar refractivity (Wildman–Crippen MR) is 59.4 cm³/mol. The fourth-order valence-corrected chi connectivity index (χ4v) is 2.64. The van der Waals surface area contributed by atoms with Crippen LogP contribution in [0.2, 0.25) is 0 Å². The van der Waals surface area contributed by atoms with Crippen molar-refractivity contribution >= 4 is 49.2 Å². The first kappa shape index (κ1) is 9.21. The molecule has 0 fully saturated rings. The summed E-state index contributed by atoms with van der Waals surface area (Å²) in [4.78, 5) is 0. The summed E-state index contributed by atoms with van der Waals surface area (Å²) >= 11 is 4.75. The number of thiophene rings is 1. The third kappa shape index (κ3) is 1.78. The standard InChI is InChI=1S/C8H6BBrO2S/c10-6-2-1-5-3-8(9(11)12)13-7(5)4-6/h1-4,11-12H. The quantitative estimate of drug-likeness (QED) is 0.757. The van der Waals surface area contributed by atoms with Crippen LogP contribution in [0.3, 0.4) is 0 Å². The zero-order valence-corrected chi connectivity index (χ0v) is 8.97. The van der Waals surface area contributed by atoms with Gasteiger partial charge in [0.15, 0.2) is 0 Å². The van der Waals surface area contributed by atoms with E-state index in [1.807, 2.05) is 18.2 Å². The molecule has 0 unspecified atom stereocenters. The SMILES string of the molecule is OB(O)c1cc2ccc(Br)cc2s1. The van der Waals surface area contributed by atoms with Gasteiger partial charge < -0.3 is 10.0 Å². The van der Waals surface area contributed by atoms with E-state index in [4.69, 9.17) is 10.0 Å². The van der Waals surface area contributed by atoms with Crippen LogP contribution in [-0.4, -0.2) is 17.2 Å². The van der Waals surface area contributed by atoms with E-state index in [0.29, 0.717) is 4.78 Å². The zero-order chi connectivity index (χ0) is 9.42. The molecule has 0 saturated heterocycles. The van der Waals surface area contributed by atoms with Crippen LogP contribution in [0.1, 0.15) is 0 Å². The van der Waals surface area contributed by atoms with Gasteiger partial charge in [0.1, 0.15) is 0 Å². The maximum Gasteiger partial charge on any atom is 0.499 e. The molecule has 1 aromatic carbocycles. The molecule has 0 atom stereocenters.